The van der Waals surface area contributed by atoms with Gasteiger partial charge in [-0.15, -0.1) is 12.4 Å². The molecule has 26 heavy (non-hydrogen) atoms. The number of hydrogen-bond donors (Lipinski definition) is 2. The molecule has 9 heteroatoms. The van der Waals surface area contributed by atoms with Crippen LogP contribution in [0.2, 0.25) is 0 Å². The van der Waals surface area contributed by atoms with Crippen molar-refractivity contribution in [1.82, 2.24) is 10.2 Å². The van der Waals surface area contributed by atoms with Gasteiger partial charge in [0.15, 0.2) is 0 Å². The standard InChI is InChI=1S/C17H22F3N3O2.ClH/c1-2-23(16(25)12-7-9-21-10-8-12)11-15(24)22-14-6-4-3-5-13(14)17(18,19)20;/h3-6,12,21H,2,7-11H2,1H3,(H,22,24);1H. The molecule has 2 rings (SSSR count). The second-order valence-corrected chi connectivity index (χ2v) is 5.97. The third-order valence-electron chi connectivity index (χ3n) is 4.22. The number of rotatable bonds is 5. The van der Waals surface area contributed by atoms with E-state index in [4.69, 9.17) is 0 Å². The van der Waals surface area contributed by atoms with Crippen molar-refractivity contribution < 1.29 is 22.8 Å². The average Bonchev–Trinajstić information content (AvgIpc) is 2.59. The summed E-state index contributed by atoms with van der Waals surface area (Å²) >= 11 is 0. The predicted molar refractivity (Wildman–Crippen MR) is 95.2 cm³/mol. The van der Waals surface area contributed by atoms with Crippen LogP contribution >= 0.6 is 12.4 Å². The number of carbonyl (C=O) groups excluding carboxylic acids is 2. The second-order valence-electron chi connectivity index (χ2n) is 5.97. The largest absolute Gasteiger partial charge is 0.418 e. The van der Waals surface area contributed by atoms with Crippen LogP contribution in [0.25, 0.3) is 0 Å². The number of halogens is 4. The molecule has 0 saturated carbocycles. The van der Waals surface area contributed by atoms with E-state index < -0.39 is 17.6 Å². The molecule has 0 atom stereocenters. The Bertz CT molecular complexity index is 620. The summed E-state index contributed by atoms with van der Waals surface area (Å²) in [4.78, 5) is 26.0. The number of carbonyl (C=O) groups is 2. The highest BCUT2D eigenvalue weighted by Crippen LogP contribution is 2.34. The van der Waals surface area contributed by atoms with E-state index in [1.54, 1.807) is 6.92 Å². The van der Waals surface area contributed by atoms with E-state index in [1.165, 1.54) is 23.1 Å². The van der Waals surface area contributed by atoms with Gasteiger partial charge < -0.3 is 15.5 Å². The number of amides is 2. The molecular weight excluding hydrogens is 371 g/mol. The van der Waals surface area contributed by atoms with Gasteiger partial charge in [-0.1, -0.05) is 12.1 Å². The van der Waals surface area contributed by atoms with Gasteiger partial charge in [-0.25, -0.2) is 0 Å². The average molecular weight is 394 g/mol. The molecule has 0 aliphatic carbocycles. The van der Waals surface area contributed by atoms with E-state index in [9.17, 15) is 22.8 Å². The summed E-state index contributed by atoms with van der Waals surface area (Å²) in [5, 5.41) is 5.44. The summed E-state index contributed by atoms with van der Waals surface area (Å²) in [5.74, 6) is -0.902. The number of para-hydroxylation sites is 1. The van der Waals surface area contributed by atoms with Crippen molar-refractivity contribution >= 4 is 29.9 Å². The van der Waals surface area contributed by atoms with Gasteiger partial charge in [-0.2, -0.15) is 13.2 Å². The van der Waals surface area contributed by atoms with Crippen molar-refractivity contribution in [3.8, 4) is 0 Å². The lowest BCUT2D eigenvalue weighted by Gasteiger charge is -2.28. The first kappa shape index (κ1) is 22.2. The van der Waals surface area contributed by atoms with Gasteiger partial charge in [-0.3, -0.25) is 9.59 Å². The van der Waals surface area contributed by atoms with Crippen molar-refractivity contribution in [2.24, 2.45) is 5.92 Å². The fourth-order valence-electron chi connectivity index (χ4n) is 2.88. The third kappa shape index (κ3) is 5.88. The molecule has 1 aromatic carbocycles. The Balaban J connectivity index is 0.00000338. The van der Waals surface area contributed by atoms with Gasteiger partial charge in [0, 0.05) is 12.5 Å². The summed E-state index contributed by atoms with van der Waals surface area (Å²) in [7, 11) is 0. The zero-order chi connectivity index (χ0) is 18.4. The van der Waals surface area contributed by atoms with Crippen LogP contribution in [0.3, 0.4) is 0 Å². The van der Waals surface area contributed by atoms with Gasteiger partial charge in [0.05, 0.1) is 17.8 Å². The molecule has 1 aliphatic heterocycles. The minimum Gasteiger partial charge on any atom is -0.333 e. The van der Waals surface area contributed by atoms with E-state index in [0.717, 1.165) is 19.2 Å². The van der Waals surface area contributed by atoms with Crippen LogP contribution in [0.15, 0.2) is 24.3 Å². The van der Waals surface area contributed by atoms with Crippen molar-refractivity contribution in [1.29, 1.82) is 0 Å². The second kappa shape index (κ2) is 9.78. The molecule has 0 unspecified atom stereocenters. The zero-order valence-corrected chi connectivity index (χ0v) is 15.3. The monoisotopic (exact) mass is 393 g/mol. The molecule has 2 amide bonds. The first-order valence-electron chi connectivity index (χ1n) is 8.28. The van der Waals surface area contributed by atoms with Crippen molar-refractivity contribution in [3.63, 3.8) is 0 Å². The number of nitrogens with zero attached hydrogens (tertiary/aromatic N) is 1. The first-order valence-corrected chi connectivity index (χ1v) is 8.28. The maximum Gasteiger partial charge on any atom is 0.418 e. The van der Waals surface area contributed by atoms with E-state index in [-0.39, 0.29) is 36.5 Å². The molecule has 1 aromatic rings. The highest BCUT2D eigenvalue weighted by atomic mass is 35.5. The predicted octanol–water partition coefficient (Wildman–Crippen LogP) is 2.91. The molecule has 1 saturated heterocycles. The minimum atomic E-state index is -4.56. The Morgan fingerprint density at radius 3 is 2.42 bits per heavy atom. The highest BCUT2D eigenvalue weighted by molar-refractivity contribution is 5.95. The van der Waals surface area contributed by atoms with Crippen LogP contribution in [-0.4, -0.2) is 42.9 Å². The summed E-state index contributed by atoms with van der Waals surface area (Å²) < 4.78 is 38.9. The molecule has 0 bridgehead atoms. The quantitative estimate of drug-likeness (QED) is 0.808. The van der Waals surface area contributed by atoms with Gasteiger partial charge in [0.1, 0.15) is 0 Å². The van der Waals surface area contributed by atoms with E-state index in [1.807, 2.05) is 0 Å². The third-order valence-corrected chi connectivity index (χ3v) is 4.22. The fourth-order valence-corrected chi connectivity index (χ4v) is 2.88. The lowest BCUT2D eigenvalue weighted by atomic mass is 9.96. The Kier molecular flexibility index (Phi) is 8.36. The van der Waals surface area contributed by atoms with Gasteiger partial charge in [-0.05, 0) is 45.0 Å². The minimum absolute atomic E-state index is 0. The summed E-state index contributed by atoms with van der Waals surface area (Å²) in [6, 6.07) is 4.79. The summed E-state index contributed by atoms with van der Waals surface area (Å²) in [5.41, 5.74) is -1.21. The summed E-state index contributed by atoms with van der Waals surface area (Å²) in [6.45, 7) is 3.32. The van der Waals surface area contributed by atoms with Crippen molar-refractivity contribution in [2.45, 2.75) is 25.9 Å². The molecule has 0 radical (unpaired) electrons. The Morgan fingerprint density at radius 1 is 1.23 bits per heavy atom. The molecule has 0 spiro atoms. The number of likely N-dealkylation sites (N-methyl/N-ethyl adjacent to an activating group) is 1. The van der Waals surface area contributed by atoms with Crippen molar-refractivity contribution in [2.75, 3.05) is 31.5 Å². The number of nitrogens with one attached hydrogen (secondary N) is 2. The lowest BCUT2D eigenvalue weighted by molar-refractivity contribution is -0.139. The highest BCUT2D eigenvalue weighted by Gasteiger charge is 2.34. The lowest BCUT2D eigenvalue weighted by Crippen LogP contribution is -2.44. The number of anilines is 1. The number of alkyl halides is 3. The molecule has 146 valence electrons. The molecule has 1 aliphatic rings. The smallest absolute Gasteiger partial charge is 0.333 e. The Labute approximate surface area is 156 Å². The van der Waals surface area contributed by atoms with Crippen LogP contribution in [0, 0.1) is 5.92 Å². The Morgan fingerprint density at radius 2 is 1.85 bits per heavy atom. The molecule has 2 N–H and O–H groups in total. The maximum atomic E-state index is 13.0. The van der Waals surface area contributed by atoms with Crippen LogP contribution in [0.5, 0.6) is 0 Å². The van der Waals surface area contributed by atoms with Gasteiger partial charge in [0.2, 0.25) is 11.8 Å². The zero-order valence-electron chi connectivity index (χ0n) is 14.4. The SMILES string of the molecule is CCN(CC(=O)Nc1ccccc1C(F)(F)F)C(=O)C1CCNCC1.Cl. The number of hydrogen-bond acceptors (Lipinski definition) is 3. The Hall–Kier alpha value is -1.80. The van der Waals surface area contributed by atoms with E-state index in [2.05, 4.69) is 10.6 Å². The molecule has 1 heterocycles. The molecule has 0 aromatic heterocycles. The molecule has 5 nitrogen and oxygen atoms in total. The van der Waals surface area contributed by atoms with Gasteiger partial charge >= 0.3 is 6.18 Å². The van der Waals surface area contributed by atoms with Crippen LogP contribution in [0.1, 0.15) is 25.3 Å². The van der Waals surface area contributed by atoms with Crippen LogP contribution < -0.4 is 10.6 Å². The summed E-state index contributed by atoms with van der Waals surface area (Å²) in [6.07, 6.45) is -3.15. The molecule has 1 fully saturated rings. The van der Waals surface area contributed by atoms with Crippen LogP contribution in [-0.2, 0) is 15.8 Å². The van der Waals surface area contributed by atoms with E-state index in [0.29, 0.717) is 19.4 Å². The molecular formula is C17H23ClF3N3O2. The van der Waals surface area contributed by atoms with E-state index >= 15 is 0 Å². The first-order chi connectivity index (χ1) is 11.8. The van der Waals surface area contributed by atoms with Crippen molar-refractivity contribution in [3.05, 3.63) is 29.8 Å². The number of benzene rings is 1. The number of piperidine rings is 1. The topological polar surface area (TPSA) is 61.4 Å². The van der Waals surface area contributed by atoms with Crippen LogP contribution in [0.4, 0.5) is 18.9 Å². The normalized spacial score (nSPS) is 15.1. The fraction of sp³-hybridized carbons (Fsp3) is 0.529. The van der Waals surface area contributed by atoms with Gasteiger partial charge in [0.25, 0.3) is 0 Å². The maximum absolute atomic E-state index is 13.0.